The standard InChI is InChI=1S/C16H22F2N4O2.ClH/c1-10(2)21-15(24)22-12-5-3-11(4-6-12)8-19-14(23)13-7-16(17,18)9-20-13;/h3-6,10,13,20H,7-9H2,1-2H3,(H,19,23)(H2,21,22,24);1H. The molecule has 1 aliphatic rings. The van der Waals surface area contributed by atoms with Crippen molar-refractivity contribution in [2.75, 3.05) is 11.9 Å². The van der Waals surface area contributed by atoms with Gasteiger partial charge in [0.25, 0.3) is 5.92 Å². The normalized spacial score (nSPS) is 18.4. The fraction of sp³-hybridized carbons (Fsp3) is 0.500. The molecule has 1 unspecified atom stereocenters. The summed E-state index contributed by atoms with van der Waals surface area (Å²) in [4.78, 5) is 23.4. The van der Waals surface area contributed by atoms with E-state index < -0.39 is 30.8 Å². The molecule has 2 rings (SSSR count). The van der Waals surface area contributed by atoms with Crippen LogP contribution >= 0.6 is 12.4 Å². The number of alkyl halides is 2. The van der Waals surface area contributed by atoms with Crippen LogP contribution in [0, 0.1) is 0 Å². The number of hydrogen-bond acceptors (Lipinski definition) is 3. The third kappa shape index (κ3) is 6.83. The highest BCUT2D eigenvalue weighted by Crippen LogP contribution is 2.25. The van der Waals surface area contributed by atoms with E-state index in [4.69, 9.17) is 0 Å². The Bertz CT molecular complexity index is 596. The van der Waals surface area contributed by atoms with Crippen molar-refractivity contribution in [1.82, 2.24) is 16.0 Å². The first-order valence-corrected chi connectivity index (χ1v) is 7.80. The average Bonchev–Trinajstić information content (AvgIpc) is 2.85. The summed E-state index contributed by atoms with van der Waals surface area (Å²) in [7, 11) is 0. The predicted molar refractivity (Wildman–Crippen MR) is 94.2 cm³/mol. The molecular weight excluding hydrogens is 354 g/mol. The van der Waals surface area contributed by atoms with Gasteiger partial charge in [0.2, 0.25) is 5.91 Å². The third-order valence-corrected chi connectivity index (χ3v) is 3.52. The summed E-state index contributed by atoms with van der Waals surface area (Å²) in [5.41, 5.74) is 1.43. The van der Waals surface area contributed by atoms with Crippen molar-refractivity contribution in [3.8, 4) is 0 Å². The number of amides is 3. The van der Waals surface area contributed by atoms with Crippen LogP contribution in [0.25, 0.3) is 0 Å². The predicted octanol–water partition coefficient (Wildman–Crippen LogP) is 2.25. The maximum Gasteiger partial charge on any atom is 0.319 e. The quantitative estimate of drug-likeness (QED) is 0.636. The lowest BCUT2D eigenvalue weighted by molar-refractivity contribution is -0.123. The van der Waals surface area contributed by atoms with E-state index in [0.717, 1.165) is 5.56 Å². The zero-order valence-electron chi connectivity index (χ0n) is 14.1. The van der Waals surface area contributed by atoms with Crippen LogP contribution in [0.15, 0.2) is 24.3 Å². The van der Waals surface area contributed by atoms with Gasteiger partial charge in [-0.25, -0.2) is 13.6 Å². The fourth-order valence-corrected chi connectivity index (χ4v) is 2.35. The fourth-order valence-electron chi connectivity index (χ4n) is 2.35. The number of hydrogen-bond donors (Lipinski definition) is 4. The molecule has 1 heterocycles. The number of rotatable bonds is 5. The molecule has 1 aromatic carbocycles. The van der Waals surface area contributed by atoms with Gasteiger partial charge < -0.3 is 16.0 Å². The van der Waals surface area contributed by atoms with E-state index in [1.54, 1.807) is 24.3 Å². The van der Waals surface area contributed by atoms with Crippen LogP contribution in [0.4, 0.5) is 19.3 Å². The number of benzene rings is 1. The second kappa shape index (κ2) is 8.96. The molecule has 1 saturated heterocycles. The Morgan fingerprint density at radius 1 is 1.28 bits per heavy atom. The Kier molecular flexibility index (Phi) is 7.57. The Balaban J connectivity index is 0.00000312. The van der Waals surface area contributed by atoms with E-state index in [1.807, 2.05) is 13.8 Å². The molecule has 0 aliphatic carbocycles. The Labute approximate surface area is 151 Å². The monoisotopic (exact) mass is 376 g/mol. The molecule has 0 bridgehead atoms. The van der Waals surface area contributed by atoms with Crippen molar-refractivity contribution >= 4 is 30.0 Å². The van der Waals surface area contributed by atoms with E-state index >= 15 is 0 Å². The largest absolute Gasteiger partial charge is 0.351 e. The molecule has 1 fully saturated rings. The van der Waals surface area contributed by atoms with Crippen LogP contribution in [0.1, 0.15) is 25.8 Å². The number of urea groups is 1. The van der Waals surface area contributed by atoms with Gasteiger partial charge >= 0.3 is 6.03 Å². The smallest absolute Gasteiger partial charge is 0.319 e. The summed E-state index contributed by atoms with van der Waals surface area (Å²) in [6, 6.07) is 5.81. The van der Waals surface area contributed by atoms with Gasteiger partial charge in [-0.3, -0.25) is 10.1 Å². The maximum absolute atomic E-state index is 13.1. The minimum atomic E-state index is -2.83. The van der Waals surface area contributed by atoms with Gasteiger partial charge in [0.05, 0.1) is 12.6 Å². The lowest BCUT2D eigenvalue weighted by atomic mass is 10.1. The van der Waals surface area contributed by atoms with Crippen molar-refractivity contribution < 1.29 is 18.4 Å². The number of halogens is 3. The zero-order valence-corrected chi connectivity index (χ0v) is 14.9. The summed E-state index contributed by atoms with van der Waals surface area (Å²) in [6.07, 6.45) is -0.480. The van der Waals surface area contributed by atoms with Crippen molar-refractivity contribution in [3.05, 3.63) is 29.8 Å². The van der Waals surface area contributed by atoms with Gasteiger partial charge in [-0.1, -0.05) is 12.1 Å². The van der Waals surface area contributed by atoms with Gasteiger partial charge in [-0.15, -0.1) is 12.4 Å². The van der Waals surface area contributed by atoms with Crippen LogP contribution in [0.3, 0.4) is 0 Å². The first-order chi connectivity index (χ1) is 11.2. The van der Waals surface area contributed by atoms with Gasteiger partial charge in [-0.2, -0.15) is 0 Å². The van der Waals surface area contributed by atoms with Gasteiger partial charge in [-0.05, 0) is 31.5 Å². The second-order valence-corrected chi connectivity index (χ2v) is 6.16. The van der Waals surface area contributed by atoms with E-state index in [1.165, 1.54) is 0 Å². The molecule has 4 N–H and O–H groups in total. The molecule has 0 aromatic heterocycles. The molecule has 0 saturated carbocycles. The minimum Gasteiger partial charge on any atom is -0.351 e. The number of carbonyl (C=O) groups excluding carboxylic acids is 2. The molecule has 6 nitrogen and oxygen atoms in total. The Hall–Kier alpha value is -1.93. The zero-order chi connectivity index (χ0) is 17.7. The Morgan fingerprint density at radius 2 is 1.92 bits per heavy atom. The number of carbonyl (C=O) groups is 2. The summed E-state index contributed by atoms with van der Waals surface area (Å²) in [6.45, 7) is 3.49. The summed E-state index contributed by atoms with van der Waals surface area (Å²) in [5.74, 6) is -3.27. The van der Waals surface area contributed by atoms with Crippen LogP contribution < -0.4 is 21.3 Å². The van der Waals surface area contributed by atoms with Gasteiger partial charge in [0.1, 0.15) is 0 Å². The second-order valence-electron chi connectivity index (χ2n) is 6.16. The number of nitrogens with one attached hydrogen (secondary N) is 4. The molecule has 140 valence electrons. The van der Waals surface area contributed by atoms with Crippen molar-refractivity contribution in [3.63, 3.8) is 0 Å². The highest BCUT2D eigenvalue weighted by atomic mass is 35.5. The first-order valence-electron chi connectivity index (χ1n) is 7.80. The van der Waals surface area contributed by atoms with E-state index in [2.05, 4.69) is 21.3 Å². The lowest BCUT2D eigenvalue weighted by Gasteiger charge is -2.12. The highest BCUT2D eigenvalue weighted by molar-refractivity contribution is 5.89. The van der Waals surface area contributed by atoms with Gasteiger partial charge in [0.15, 0.2) is 0 Å². The molecule has 0 radical (unpaired) electrons. The molecular formula is C16H23ClF2N4O2. The van der Waals surface area contributed by atoms with E-state index in [9.17, 15) is 18.4 Å². The van der Waals surface area contributed by atoms with Crippen molar-refractivity contribution in [1.29, 1.82) is 0 Å². The van der Waals surface area contributed by atoms with Crippen LogP contribution in [-0.2, 0) is 11.3 Å². The summed E-state index contributed by atoms with van der Waals surface area (Å²) < 4.78 is 26.1. The SMILES string of the molecule is CC(C)NC(=O)Nc1ccc(CNC(=O)C2CC(F)(F)CN2)cc1.Cl. The first kappa shape index (κ1) is 21.1. The van der Waals surface area contributed by atoms with Crippen LogP contribution in [-0.4, -0.2) is 36.5 Å². The third-order valence-electron chi connectivity index (χ3n) is 3.52. The van der Waals surface area contributed by atoms with Crippen LogP contribution in [0.5, 0.6) is 0 Å². The molecule has 1 aliphatic heterocycles. The van der Waals surface area contributed by atoms with Crippen LogP contribution in [0.2, 0.25) is 0 Å². The number of anilines is 1. The molecule has 9 heteroatoms. The highest BCUT2D eigenvalue weighted by Gasteiger charge is 2.42. The molecule has 0 spiro atoms. The van der Waals surface area contributed by atoms with Crippen molar-refractivity contribution in [2.45, 2.75) is 44.8 Å². The molecule has 25 heavy (non-hydrogen) atoms. The average molecular weight is 377 g/mol. The Morgan fingerprint density at radius 3 is 2.44 bits per heavy atom. The molecule has 1 atom stereocenters. The van der Waals surface area contributed by atoms with E-state index in [-0.39, 0.29) is 31.0 Å². The summed E-state index contributed by atoms with van der Waals surface area (Å²) >= 11 is 0. The lowest BCUT2D eigenvalue weighted by Crippen LogP contribution is -2.40. The minimum absolute atomic E-state index is 0. The molecule has 1 aromatic rings. The van der Waals surface area contributed by atoms with Crippen molar-refractivity contribution in [2.24, 2.45) is 0 Å². The molecule has 3 amide bonds. The van der Waals surface area contributed by atoms with Gasteiger partial charge in [0, 0.05) is 24.7 Å². The maximum atomic E-state index is 13.1. The van der Waals surface area contributed by atoms with E-state index in [0.29, 0.717) is 5.69 Å². The topological polar surface area (TPSA) is 82.3 Å². The summed E-state index contributed by atoms with van der Waals surface area (Å²) in [5, 5.41) is 10.5.